The lowest BCUT2D eigenvalue weighted by molar-refractivity contribution is -0.124. The van der Waals surface area contributed by atoms with Crippen molar-refractivity contribution in [3.8, 4) is 0 Å². The number of rotatable bonds is 3. The minimum Gasteiger partial charge on any atom is -0.352 e. The average Bonchev–Trinajstić information content (AvgIpc) is 2.95. The van der Waals surface area contributed by atoms with Crippen LogP contribution in [0.5, 0.6) is 0 Å². The van der Waals surface area contributed by atoms with Crippen molar-refractivity contribution in [3.63, 3.8) is 0 Å². The summed E-state index contributed by atoms with van der Waals surface area (Å²) in [6, 6.07) is 6.16. The molecule has 1 aliphatic carbocycles. The highest BCUT2D eigenvalue weighted by Crippen LogP contribution is 2.30. The van der Waals surface area contributed by atoms with Crippen molar-refractivity contribution in [1.29, 1.82) is 0 Å². The molecule has 2 amide bonds. The number of amides is 2. The highest BCUT2D eigenvalue weighted by Gasteiger charge is 2.27. The second-order valence-electron chi connectivity index (χ2n) is 5.80. The maximum atomic E-state index is 12.2. The first-order valence-electron chi connectivity index (χ1n) is 7.51. The Labute approximate surface area is 133 Å². The number of hydrogen-bond donors (Lipinski definition) is 1. The van der Waals surface area contributed by atoms with Gasteiger partial charge in [0.2, 0.25) is 11.8 Å². The van der Waals surface area contributed by atoms with Gasteiger partial charge in [-0.2, -0.15) is 0 Å². The molecule has 4 nitrogen and oxygen atoms in total. The fourth-order valence-electron chi connectivity index (χ4n) is 3.19. The number of benzene rings is 1. The highest BCUT2D eigenvalue weighted by atomic mass is 79.9. The molecule has 0 radical (unpaired) electrons. The van der Waals surface area contributed by atoms with Crippen molar-refractivity contribution in [2.45, 2.75) is 44.6 Å². The first-order chi connectivity index (χ1) is 10.1. The van der Waals surface area contributed by atoms with Crippen LogP contribution in [0.2, 0.25) is 0 Å². The van der Waals surface area contributed by atoms with Crippen molar-refractivity contribution in [2.24, 2.45) is 0 Å². The number of nitrogens with one attached hydrogen (secondary N) is 1. The molecule has 21 heavy (non-hydrogen) atoms. The lowest BCUT2D eigenvalue weighted by Gasteiger charge is -2.29. The first kappa shape index (κ1) is 14.6. The van der Waals surface area contributed by atoms with Crippen molar-refractivity contribution >= 4 is 33.4 Å². The number of halogens is 1. The molecule has 0 bridgehead atoms. The topological polar surface area (TPSA) is 49.4 Å². The van der Waals surface area contributed by atoms with Gasteiger partial charge in [-0.1, -0.05) is 28.8 Å². The minimum atomic E-state index is -0.0500. The van der Waals surface area contributed by atoms with Gasteiger partial charge in [-0.3, -0.25) is 9.59 Å². The summed E-state index contributed by atoms with van der Waals surface area (Å²) in [6.07, 6.45) is 5.70. The van der Waals surface area contributed by atoms with E-state index in [4.69, 9.17) is 0 Å². The van der Waals surface area contributed by atoms with E-state index in [-0.39, 0.29) is 18.4 Å². The van der Waals surface area contributed by atoms with Crippen molar-refractivity contribution in [2.75, 3.05) is 11.4 Å². The molecule has 1 aromatic carbocycles. The Bertz CT molecular complexity index is 567. The normalized spacial score (nSPS) is 18.7. The molecule has 0 spiro atoms. The van der Waals surface area contributed by atoms with Gasteiger partial charge in [0, 0.05) is 22.6 Å². The molecule has 1 saturated carbocycles. The second kappa shape index (κ2) is 6.18. The predicted octanol–water partition coefficient (Wildman–Crippen LogP) is 2.79. The maximum absolute atomic E-state index is 12.2. The Morgan fingerprint density at radius 2 is 2.05 bits per heavy atom. The lowest BCUT2D eigenvalue weighted by Crippen LogP contribution is -2.45. The Morgan fingerprint density at radius 3 is 2.81 bits per heavy atom. The molecule has 1 heterocycles. The van der Waals surface area contributed by atoms with Crippen LogP contribution in [-0.4, -0.2) is 24.4 Å². The van der Waals surface area contributed by atoms with E-state index >= 15 is 0 Å². The molecule has 1 fully saturated rings. The van der Waals surface area contributed by atoms with Gasteiger partial charge in [0.15, 0.2) is 0 Å². The Kier molecular flexibility index (Phi) is 4.29. The van der Waals surface area contributed by atoms with Gasteiger partial charge >= 0.3 is 0 Å². The Hall–Kier alpha value is -1.36. The van der Waals surface area contributed by atoms with E-state index < -0.39 is 0 Å². The molecule has 0 unspecified atom stereocenters. The minimum absolute atomic E-state index is 0.0337. The number of hydrogen-bond acceptors (Lipinski definition) is 2. The molecule has 2 aliphatic rings. The van der Waals surface area contributed by atoms with Gasteiger partial charge in [-0.25, -0.2) is 0 Å². The third-order valence-electron chi connectivity index (χ3n) is 4.26. The Balaban J connectivity index is 1.72. The van der Waals surface area contributed by atoms with Crippen LogP contribution in [0.4, 0.5) is 5.69 Å². The van der Waals surface area contributed by atoms with Gasteiger partial charge in [-0.05, 0) is 43.0 Å². The molecule has 1 N–H and O–H groups in total. The molecular weight excluding hydrogens is 332 g/mol. The smallest absolute Gasteiger partial charge is 0.240 e. The highest BCUT2D eigenvalue weighted by molar-refractivity contribution is 9.10. The first-order valence-corrected chi connectivity index (χ1v) is 8.31. The summed E-state index contributed by atoms with van der Waals surface area (Å²) >= 11 is 3.45. The third kappa shape index (κ3) is 3.28. The van der Waals surface area contributed by atoms with E-state index in [0.717, 1.165) is 35.0 Å². The monoisotopic (exact) mass is 350 g/mol. The van der Waals surface area contributed by atoms with Gasteiger partial charge < -0.3 is 10.2 Å². The number of anilines is 1. The van der Waals surface area contributed by atoms with Crippen LogP contribution in [0.1, 0.15) is 37.7 Å². The molecule has 5 heteroatoms. The van der Waals surface area contributed by atoms with Gasteiger partial charge in [-0.15, -0.1) is 0 Å². The van der Waals surface area contributed by atoms with Gasteiger partial charge in [0.05, 0.1) is 0 Å². The summed E-state index contributed by atoms with van der Waals surface area (Å²) in [5.74, 6) is -0.0163. The van der Waals surface area contributed by atoms with E-state index in [1.807, 2.05) is 18.2 Å². The van der Waals surface area contributed by atoms with E-state index in [2.05, 4.69) is 21.2 Å². The average molecular weight is 351 g/mol. The second-order valence-corrected chi connectivity index (χ2v) is 6.72. The van der Waals surface area contributed by atoms with Crippen LogP contribution in [0.3, 0.4) is 0 Å². The zero-order valence-electron chi connectivity index (χ0n) is 11.9. The molecule has 112 valence electrons. The number of carbonyl (C=O) groups excluding carboxylic acids is 2. The van der Waals surface area contributed by atoms with Crippen molar-refractivity contribution < 1.29 is 9.59 Å². The summed E-state index contributed by atoms with van der Waals surface area (Å²) in [4.78, 5) is 25.9. The number of aryl methyl sites for hydroxylation is 1. The zero-order valence-corrected chi connectivity index (χ0v) is 13.5. The summed E-state index contributed by atoms with van der Waals surface area (Å²) in [5, 5.41) is 3.05. The summed E-state index contributed by atoms with van der Waals surface area (Å²) in [6.45, 7) is 0.129. The fourth-order valence-corrected chi connectivity index (χ4v) is 3.60. The van der Waals surface area contributed by atoms with Gasteiger partial charge in [0.1, 0.15) is 6.54 Å². The summed E-state index contributed by atoms with van der Waals surface area (Å²) in [7, 11) is 0. The van der Waals surface area contributed by atoms with E-state index in [1.54, 1.807) is 4.90 Å². The zero-order chi connectivity index (χ0) is 14.8. The quantitative estimate of drug-likeness (QED) is 0.911. The largest absolute Gasteiger partial charge is 0.352 e. The van der Waals surface area contributed by atoms with Crippen molar-refractivity contribution in [3.05, 3.63) is 28.2 Å². The molecule has 0 aromatic heterocycles. The van der Waals surface area contributed by atoms with E-state index in [9.17, 15) is 9.59 Å². The van der Waals surface area contributed by atoms with Crippen LogP contribution in [-0.2, 0) is 16.0 Å². The maximum Gasteiger partial charge on any atom is 0.240 e. The van der Waals surface area contributed by atoms with Crippen molar-refractivity contribution in [1.82, 2.24) is 5.32 Å². The molecule has 3 rings (SSSR count). The lowest BCUT2D eigenvalue weighted by atomic mass is 10.0. The number of nitrogens with zero attached hydrogens (tertiary/aromatic N) is 1. The molecule has 1 aromatic rings. The summed E-state index contributed by atoms with van der Waals surface area (Å²) < 4.78 is 1.01. The summed E-state index contributed by atoms with van der Waals surface area (Å²) in [5.41, 5.74) is 1.99. The predicted molar refractivity (Wildman–Crippen MR) is 85.2 cm³/mol. The third-order valence-corrected chi connectivity index (χ3v) is 4.76. The molecular formula is C16H19BrN2O2. The van der Waals surface area contributed by atoms with Crippen LogP contribution < -0.4 is 10.2 Å². The van der Waals surface area contributed by atoms with Crippen LogP contribution in [0.15, 0.2) is 22.7 Å². The number of fused-ring (bicyclic) bond motifs is 1. The van der Waals surface area contributed by atoms with Gasteiger partial charge in [0.25, 0.3) is 0 Å². The standard InChI is InChI=1S/C16H19BrN2O2/c17-12-6-7-14-11(9-12)5-8-16(21)19(14)10-15(20)18-13-3-1-2-4-13/h6-7,9,13H,1-5,8,10H2,(H,18,20). The molecule has 0 atom stereocenters. The van der Waals surface area contributed by atoms with Crippen LogP contribution >= 0.6 is 15.9 Å². The SMILES string of the molecule is O=C(CN1C(=O)CCc2cc(Br)ccc21)NC1CCCC1. The molecule has 0 saturated heterocycles. The van der Waals surface area contributed by atoms with Crippen LogP contribution in [0, 0.1) is 0 Å². The van der Waals surface area contributed by atoms with Crippen LogP contribution in [0.25, 0.3) is 0 Å². The molecule has 1 aliphatic heterocycles. The van der Waals surface area contributed by atoms with E-state index in [0.29, 0.717) is 12.5 Å². The number of carbonyl (C=O) groups is 2. The Morgan fingerprint density at radius 1 is 1.29 bits per heavy atom. The fraction of sp³-hybridized carbons (Fsp3) is 0.500. The van der Waals surface area contributed by atoms with E-state index in [1.165, 1.54) is 12.8 Å².